The van der Waals surface area contributed by atoms with Gasteiger partial charge in [0.25, 0.3) is 11.8 Å². The predicted octanol–water partition coefficient (Wildman–Crippen LogP) is 3.48. The van der Waals surface area contributed by atoms with Crippen molar-refractivity contribution in [2.75, 3.05) is 12.4 Å². The Bertz CT molecular complexity index is 775. The Morgan fingerprint density at radius 1 is 1.20 bits per heavy atom. The zero-order valence-corrected chi connectivity index (χ0v) is 14.4. The molecule has 1 aromatic carbocycles. The second kappa shape index (κ2) is 9.11. The SMILES string of the molecule is CC.COc1nc(C(C)=O)c(C(=O)Nc2ccccc2)cc1[N+](=O)[O-]. The number of pyridine rings is 1. The van der Waals surface area contributed by atoms with Gasteiger partial charge < -0.3 is 10.1 Å². The van der Waals surface area contributed by atoms with Crippen molar-refractivity contribution in [1.29, 1.82) is 0 Å². The lowest BCUT2D eigenvalue weighted by Gasteiger charge is -2.09. The molecule has 0 fully saturated rings. The molecule has 0 spiro atoms. The van der Waals surface area contributed by atoms with Crippen molar-refractivity contribution in [1.82, 2.24) is 4.98 Å². The van der Waals surface area contributed by atoms with Crippen LogP contribution in [0.5, 0.6) is 5.88 Å². The van der Waals surface area contributed by atoms with E-state index < -0.39 is 22.3 Å². The van der Waals surface area contributed by atoms with Crippen LogP contribution in [0.25, 0.3) is 0 Å². The van der Waals surface area contributed by atoms with Crippen LogP contribution in [0, 0.1) is 10.1 Å². The third-order valence-electron chi connectivity index (χ3n) is 2.97. The van der Waals surface area contributed by atoms with E-state index in [1.54, 1.807) is 30.3 Å². The zero-order valence-electron chi connectivity index (χ0n) is 14.4. The number of hydrogen-bond donors (Lipinski definition) is 1. The molecule has 132 valence electrons. The normalized spacial score (nSPS) is 9.44. The number of methoxy groups -OCH3 is 1. The number of ketones is 1. The van der Waals surface area contributed by atoms with Crippen LogP contribution in [-0.4, -0.2) is 28.7 Å². The number of aromatic nitrogens is 1. The third-order valence-corrected chi connectivity index (χ3v) is 2.97. The molecule has 0 saturated carbocycles. The topological polar surface area (TPSA) is 111 Å². The van der Waals surface area contributed by atoms with Crippen LogP contribution in [0.4, 0.5) is 11.4 Å². The van der Waals surface area contributed by atoms with Gasteiger partial charge in [0.15, 0.2) is 5.78 Å². The summed E-state index contributed by atoms with van der Waals surface area (Å²) in [7, 11) is 1.20. The van der Waals surface area contributed by atoms with E-state index in [-0.39, 0.29) is 17.1 Å². The minimum absolute atomic E-state index is 0.186. The van der Waals surface area contributed by atoms with E-state index in [9.17, 15) is 19.7 Å². The number of amides is 1. The number of anilines is 1. The number of nitro groups is 1. The highest BCUT2D eigenvalue weighted by Gasteiger charge is 2.26. The number of hydrogen-bond acceptors (Lipinski definition) is 6. The molecule has 0 bridgehead atoms. The molecular weight excluding hydrogens is 326 g/mol. The van der Waals surface area contributed by atoms with Crippen molar-refractivity contribution in [2.45, 2.75) is 20.8 Å². The Morgan fingerprint density at radius 3 is 2.28 bits per heavy atom. The first-order valence-electron chi connectivity index (χ1n) is 7.54. The summed E-state index contributed by atoms with van der Waals surface area (Å²) in [5, 5.41) is 13.6. The molecule has 0 aliphatic heterocycles. The van der Waals surface area contributed by atoms with E-state index in [2.05, 4.69) is 10.3 Å². The Labute approximate surface area is 145 Å². The minimum atomic E-state index is -0.727. The predicted molar refractivity (Wildman–Crippen MR) is 93.2 cm³/mol. The Balaban J connectivity index is 0.00000151. The number of carbonyl (C=O) groups excluding carboxylic acids is 2. The van der Waals surface area contributed by atoms with Crippen molar-refractivity contribution in [3.63, 3.8) is 0 Å². The zero-order chi connectivity index (χ0) is 19.0. The number of ether oxygens (including phenoxy) is 1. The minimum Gasteiger partial charge on any atom is -0.476 e. The molecule has 8 nitrogen and oxygen atoms in total. The molecule has 0 unspecified atom stereocenters. The van der Waals surface area contributed by atoms with Gasteiger partial charge in [0, 0.05) is 18.7 Å². The van der Waals surface area contributed by atoms with Crippen LogP contribution >= 0.6 is 0 Å². The van der Waals surface area contributed by atoms with Crippen molar-refractivity contribution in [2.24, 2.45) is 0 Å². The van der Waals surface area contributed by atoms with Crippen molar-refractivity contribution >= 4 is 23.1 Å². The van der Waals surface area contributed by atoms with Gasteiger partial charge in [-0.05, 0) is 12.1 Å². The van der Waals surface area contributed by atoms with Crippen LogP contribution < -0.4 is 10.1 Å². The summed E-state index contributed by atoms with van der Waals surface area (Å²) in [6, 6.07) is 9.50. The number of para-hydroxylation sites is 1. The summed E-state index contributed by atoms with van der Waals surface area (Å²) in [4.78, 5) is 38.2. The molecule has 1 amide bonds. The molecule has 1 N–H and O–H groups in total. The molecule has 0 radical (unpaired) electrons. The Hall–Kier alpha value is -3.29. The molecule has 25 heavy (non-hydrogen) atoms. The number of rotatable bonds is 5. The van der Waals surface area contributed by atoms with Crippen molar-refractivity contribution in [3.8, 4) is 5.88 Å². The van der Waals surface area contributed by atoms with Gasteiger partial charge in [-0.3, -0.25) is 19.7 Å². The molecule has 2 rings (SSSR count). The molecule has 1 aromatic heterocycles. The monoisotopic (exact) mass is 345 g/mol. The third kappa shape index (κ3) is 4.84. The van der Waals surface area contributed by atoms with Crippen LogP contribution in [0.15, 0.2) is 36.4 Å². The lowest BCUT2D eigenvalue weighted by molar-refractivity contribution is -0.386. The molecule has 8 heteroatoms. The number of carbonyl (C=O) groups is 2. The summed E-state index contributed by atoms with van der Waals surface area (Å²) in [6.45, 7) is 5.22. The standard InChI is InChI=1S/C15H13N3O5.C2H6/c1-9(19)13-11(8-12(18(21)22)15(17-13)23-2)14(20)16-10-6-4-3-5-7-10;1-2/h3-8H,1-2H3,(H,16,20);1-2H3. The van der Waals surface area contributed by atoms with Gasteiger partial charge in [0.05, 0.1) is 17.6 Å². The van der Waals surface area contributed by atoms with E-state index in [1.807, 2.05) is 13.8 Å². The average Bonchev–Trinajstić information content (AvgIpc) is 2.62. The van der Waals surface area contributed by atoms with Gasteiger partial charge >= 0.3 is 5.69 Å². The highest BCUT2D eigenvalue weighted by molar-refractivity contribution is 6.11. The van der Waals surface area contributed by atoms with Crippen molar-refractivity contribution in [3.05, 3.63) is 57.8 Å². The second-order valence-electron chi connectivity index (χ2n) is 4.55. The van der Waals surface area contributed by atoms with Gasteiger partial charge in [0.1, 0.15) is 5.69 Å². The fourth-order valence-electron chi connectivity index (χ4n) is 1.93. The second-order valence-corrected chi connectivity index (χ2v) is 4.55. The highest BCUT2D eigenvalue weighted by Crippen LogP contribution is 2.27. The fraction of sp³-hybridized carbons (Fsp3) is 0.235. The van der Waals surface area contributed by atoms with Gasteiger partial charge in [0.2, 0.25) is 0 Å². The van der Waals surface area contributed by atoms with Gasteiger partial charge in [-0.25, -0.2) is 4.98 Å². The van der Waals surface area contributed by atoms with E-state index in [4.69, 9.17) is 4.74 Å². The lowest BCUT2D eigenvalue weighted by Crippen LogP contribution is -2.18. The number of benzene rings is 1. The first-order valence-corrected chi connectivity index (χ1v) is 7.54. The quantitative estimate of drug-likeness (QED) is 0.504. The smallest absolute Gasteiger partial charge is 0.331 e. The van der Waals surface area contributed by atoms with Crippen LogP contribution in [-0.2, 0) is 0 Å². The first-order chi connectivity index (χ1) is 11.9. The summed E-state index contributed by atoms with van der Waals surface area (Å²) in [5.41, 5.74) is -0.379. The van der Waals surface area contributed by atoms with Crippen LogP contribution in [0.3, 0.4) is 0 Å². The molecule has 0 aliphatic carbocycles. The first kappa shape index (κ1) is 19.8. The van der Waals surface area contributed by atoms with E-state index in [0.29, 0.717) is 5.69 Å². The maximum absolute atomic E-state index is 12.3. The molecule has 0 atom stereocenters. The molecule has 2 aromatic rings. The number of Topliss-reactive ketones (excluding diaryl/α,β-unsaturated/α-hetero) is 1. The summed E-state index contributed by atoms with van der Waals surface area (Å²) >= 11 is 0. The van der Waals surface area contributed by atoms with Crippen molar-refractivity contribution < 1.29 is 19.2 Å². The number of nitrogens with one attached hydrogen (secondary N) is 1. The number of nitrogens with zero attached hydrogens (tertiary/aromatic N) is 2. The van der Waals surface area contributed by atoms with Gasteiger partial charge in [-0.1, -0.05) is 32.0 Å². The van der Waals surface area contributed by atoms with Gasteiger partial charge in [-0.15, -0.1) is 0 Å². The maximum atomic E-state index is 12.3. The summed E-state index contributed by atoms with van der Waals surface area (Å²) in [6.07, 6.45) is 0. The highest BCUT2D eigenvalue weighted by atomic mass is 16.6. The Morgan fingerprint density at radius 2 is 1.80 bits per heavy atom. The van der Waals surface area contributed by atoms with Gasteiger partial charge in [-0.2, -0.15) is 0 Å². The molecule has 1 heterocycles. The maximum Gasteiger partial charge on any atom is 0.331 e. The van der Waals surface area contributed by atoms with E-state index in [0.717, 1.165) is 6.07 Å². The molecule has 0 saturated heterocycles. The van der Waals surface area contributed by atoms with Crippen LogP contribution in [0.2, 0.25) is 0 Å². The van der Waals surface area contributed by atoms with Crippen LogP contribution in [0.1, 0.15) is 41.6 Å². The summed E-state index contributed by atoms with van der Waals surface area (Å²) in [5.74, 6) is -1.49. The Kier molecular flexibility index (Phi) is 7.20. The molecular formula is C17H19N3O5. The summed E-state index contributed by atoms with van der Waals surface area (Å²) < 4.78 is 4.81. The largest absolute Gasteiger partial charge is 0.476 e. The fourth-order valence-corrected chi connectivity index (χ4v) is 1.93. The molecule has 0 aliphatic rings. The van der Waals surface area contributed by atoms with E-state index >= 15 is 0 Å². The lowest BCUT2D eigenvalue weighted by atomic mass is 10.1. The van der Waals surface area contributed by atoms with E-state index in [1.165, 1.54) is 14.0 Å². The average molecular weight is 345 g/mol.